The number of nitrogens with one attached hydrogen (secondary N) is 1. The van der Waals surface area contributed by atoms with Gasteiger partial charge in [-0.1, -0.05) is 6.07 Å². The molecule has 2 aromatic heterocycles. The molecular formula is C14H20N4OS. The molecule has 1 N–H and O–H groups in total. The van der Waals surface area contributed by atoms with Crippen molar-refractivity contribution in [2.75, 3.05) is 18.9 Å². The highest BCUT2D eigenvalue weighted by Gasteiger charge is 2.10. The molecule has 0 radical (unpaired) electrons. The van der Waals surface area contributed by atoms with E-state index in [1.165, 1.54) is 4.88 Å². The lowest BCUT2D eigenvalue weighted by molar-refractivity contribution is 0.223. The molecule has 0 bridgehead atoms. The molecule has 108 valence electrons. The molecule has 0 aliphatic carbocycles. The molecule has 0 unspecified atom stereocenters. The monoisotopic (exact) mass is 292 g/mol. The van der Waals surface area contributed by atoms with Crippen LogP contribution in [0.3, 0.4) is 0 Å². The first-order valence-electron chi connectivity index (χ1n) is 6.65. The minimum Gasteiger partial charge on any atom is -0.327 e. The first-order chi connectivity index (χ1) is 9.56. The lowest BCUT2D eigenvalue weighted by Gasteiger charge is -2.16. The highest BCUT2D eigenvalue weighted by Crippen LogP contribution is 2.12. The van der Waals surface area contributed by atoms with Gasteiger partial charge in [0.05, 0.1) is 11.9 Å². The largest absolute Gasteiger partial charge is 0.327 e. The molecular weight excluding hydrogens is 272 g/mol. The zero-order chi connectivity index (χ0) is 14.5. The van der Waals surface area contributed by atoms with Gasteiger partial charge >= 0.3 is 6.03 Å². The number of aromatic nitrogens is 2. The second-order valence-corrected chi connectivity index (χ2v) is 6.02. The summed E-state index contributed by atoms with van der Waals surface area (Å²) in [6.07, 6.45) is 4.40. The standard InChI is InChI=1S/C14H20N4OS/c1-11(2)18-10-12(9-15-18)16-14(19)17(3)7-6-13-5-4-8-20-13/h4-5,8-11H,6-7H2,1-3H3,(H,16,19). The minimum absolute atomic E-state index is 0.107. The summed E-state index contributed by atoms with van der Waals surface area (Å²) in [7, 11) is 1.80. The quantitative estimate of drug-likeness (QED) is 0.919. The number of amides is 2. The van der Waals surface area contributed by atoms with Gasteiger partial charge < -0.3 is 10.2 Å². The molecule has 2 amide bonds. The Hall–Kier alpha value is -1.82. The summed E-state index contributed by atoms with van der Waals surface area (Å²) < 4.78 is 1.82. The molecule has 0 atom stereocenters. The van der Waals surface area contributed by atoms with Crippen LogP contribution in [0.5, 0.6) is 0 Å². The van der Waals surface area contributed by atoms with Gasteiger partial charge in [-0.15, -0.1) is 11.3 Å². The molecule has 0 aliphatic rings. The Bertz CT molecular complexity index is 547. The maximum atomic E-state index is 12.0. The van der Waals surface area contributed by atoms with Gasteiger partial charge in [0.15, 0.2) is 0 Å². The first kappa shape index (κ1) is 14.6. The van der Waals surface area contributed by atoms with Gasteiger partial charge in [-0.2, -0.15) is 5.10 Å². The minimum atomic E-state index is -0.107. The number of hydrogen-bond donors (Lipinski definition) is 1. The van der Waals surface area contributed by atoms with Gasteiger partial charge in [-0.05, 0) is 31.7 Å². The van der Waals surface area contributed by atoms with E-state index in [1.807, 2.05) is 30.8 Å². The summed E-state index contributed by atoms with van der Waals surface area (Å²) in [6.45, 7) is 4.79. The molecule has 2 heterocycles. The molecule has 0 fully saturated rings. The zero-order valence-corrected chi connectivity index (χ0v) is 12.9. The SMILES string of the molecule is CC(C)n1cc(NC(=O)N(C)CCc2cccs2)cn1. The van der Waals surface area contributed by atoms with E-state index in [0.717, 1.165) is 12.1 Å². The van der Waals surface area contributed by atoms with Crippen LogP contribution in [0.1, 0.15) is 24.8 Å². The number of thiophene rings is 1. The van der Waals surface area contributed by atoms with Crippen LogP contribution in [0, 0.1) is 0 Å². The van der Waals surface area contributed by atoms with Crippen LogP contribution in [-0.4, -0.2) is 34.3 Å². The van der Waals surface area contributed by atoms with Crippen molar-refractivity contribution in [3.05, 3.63) is 34.8 Å². The molecule has 20 heavy (non-hydrogen) atoms. The fourth-order valence-electron chi connectivity index (χ4n) is 1.74. The van der Waals surface area contributed by atoms with Crippen LogP contribution >= 0.6 is 11.3 Å². The van der Waals surface area contributed by atoms with E-state index in [9.17, 15) is 4.79 Å². The number of rotatable bonds is 5. The Balaban J connectivity index is 1.83. The van der Waals surface area contributed by atoms with Crippen molar-refractivity contribution < 1.29 is 4.79 Å². The average Bonchev–Trinajstić information content (AvgIpc) is 3.06. The van der Waals surface area contributed by atoms with Crippen LogP contribution in [0.2, 0.25) is 0 Å². The van der Waals surface area contributed by atoms with E-state index in [4.69, 9.17) is 0 Å². The Morgan fingerprint density at radius 1 is 1.55 bits per heavy atom. The van der Waals surface area contributed by atoms with Gasteiger partial charge in [0, 0.05) is 30.7 Å². The highest BCUT2D eigenvalue weighted by atomic mass is 32.1. The summed E-state index contributed by atoms with van der Waals surface area (Å²) in [6, 6.07) is 4.30. The van der Waals surface area contributed by atoms with Crippen molar-refractivity contribution in [3.8, 4) is 0 Å². The maximum absolute atomic E-state index is 12.0. The second kappa shape index (κ2) is 6.56. The summed E-state index contributed by atoms with van der Waals surface area (Å²) in [4.78, 5) is 15.0. The number of urea groups is 1. The van der Waals surface area contributed by atoms with Crippen LogP contribution in [0.15, 0.2) is 29.9 Å². The lowest BCUT2D eigenvalue weighted by Crippen LogP contribution is -2.32. The third kappa shape index (κ3) is 3.84. The van der Waals surface area contributed by atoms with Gasteiger partial charge in [0.2, 0.25) is 0 Å². The van der Waals surface area contributed by atoms with Gasteiger partial charge in [0.25, 0.3) is 0 Å². The van der Waals surface area contributed by atoms with Gasteiger partial charge in [-0.25, -0.2) is 4.79 Å². The van der Waals surface area contributed by atoms with Crippen LogP contribution in [-0.2, 0) is 6.42 Å². The van der Waals surface area contributed by atoms with Crippen LogP contribution in [0.4, 0.5) is 10.5 Å². The summed E-state index contributed by atoms with van der Waals surface area (Å²) >= 11 is 1.72. The smallest absolute Gasteiger partial charge is 0.321 e. The molecule has 0 spiro atoms. The Morgan fingerprint density at radius 2 is 2.35 bits per heavy atom. The summed E-state index contributed by atoms with van der Waals surface area (Å²) in [5.41, 5.74) is 0.728. The molecule has 6 heteroatoms. The molecule has 2 rings (SSSR count). The molecule has 5 nitrogen and oxygen atoms in total. The van der Waals surface area contributed by atoms with Crippen LogP contribution in [0.25, 0.3) is 0 Å². The van der Waals surface area contributed by atoms with Crippen molar-refractivity contribution in [1.29, 1.82) is 0 Å². The first-order valence-corrected chi connectivity index (χ1v) is 7.53. The summed E-state index contributed by atoms with van der Waals surface area (Å²) in [5.74, 6) is 0. The molecule has 0 saturated heterocycles. The Morgan fingerprint density at radius 3 is 2.95 bits per heavy atom. The fourth-order valence-corrected chi connectivity index (χ4v) is 2.44. The number of hydrogen-bond acceptors (Lipinski definition) is 3. The Kier molecular flexibility index (Phi) is 4.79. The van der Waals surface area contributed by atoms with Crippen molar-refractivity contribution in [2.45, 2.75) is 26.3 Å². The summed E-state index contributed by atoms with van der Waals surface area (Å²) in [5, 5.41) is 9.11. The van der Waals surface area contributed by atoms with Crippen molar-refractivity contribution in [3.63, 3.8) is 0 Å². The molecule has 0 saturated carbocycles. The highest BCUT2D eigenvalue weighted by molar-refractivity contribution is 7.09. The fraction of sp³-hybridized carbons (Fsp3) is 0.429. The van der Waals surface area contributed by atoms with E-state index in [1.54, 1.807) is 29.5 Å². The number of likely N-dealkylation sites (N-methyl/N-ethyl adjacent to an activating group) is 1. The Labute approximate surface area is 123 Å². The van der Waals surface area contributed by atoms with Crippen molar-refractivity contribution in [1.82, 2.24) is 14.7 Å². The molecule has 0 aliphatic heterocycles. The second-order valence-electron chi connectivity index (χ2n) is 4.98. The van der Waals surface area contributed by atoms with Gasteiger partial charge in [0.1, 0.15) is 0 Å². The third-order valence-corrected chi connectivity index (χ3v) is 3.94. The van der Waals surface area contributed by atoms with E-state index >= 15 is 0 Å². The number of carbonyl (C=O) groups is 1. The number of nitrogens with zero attached hydrogens (tertiary/aromatic N) is 3. The van der Waals surface area contributed by atoms with E-state index in [-0.39, 0.29) is 12.1 Å². The number of carbonyl (C=O) groups excluding carboxylic acids is 1. The van der Waals surface area contributed by atoms with E-state index in [2.05, 4.69) is 21.9 Å². The number of anilines is 1. The molecule has 2 aromatic rings. The third-order valence-electron chi connectivity index (χ3n) is 3.00. The van der Waals surface area contributed by atoms with Crippen molar-refractivity contribution >= 4 is 23.1 Å². The van der Waals surface area contributed by atoms with Gasteiger partial charge in [-0.3, -0.25) is 4.68 Å². The predicted molar refractivity (Wildman–Crippen MR) is 82.3 cm³/mol. The van der Waals surface area contributed by atoms with E-state index < -0.39 is 0 Å². The molecule has 0 aromatic carbocycles. The van der Waals surface area contributed by atoms with Crippen molar-refractivity contribution in [2.24, 2.45) is 0 Å². The normalized spacial score (nSPS) is 10.8. The maximum Gasteiger partial charge on any atom is 0.321 e. The average molecular weight is 292 g/mol. The lowest BCUT2D eigenvalue weighted by atomic mass is 10.3. The topological polar surface area (TPSA) is 50.2 Å². The van der Waals surface area contributed by atoms with E-state index in [0.29, 0.717) is 6.54 Å². The predicted octanol–water partition coefficient (Wildman–Crippen LogP) is 3.23. The van der Waals surface area contributed by atoms with Crippen LogP contribution < -0.4 is 5.32 Å². The zero-order valence-electron chi connectivity index (χ0n) is 12.0.